The van der Waals surface area contributed by atoms with E-state index in [2.05, 4.69) is 15.1 Å². The minimum absolute atomic E-state index is 0.0384. The number of fused-ring (bicyclic) bond motifs is 1. The Kier molecular flexibility index (Phi) is 4.90. The molecule has 1 saturated heterocycles. The number of hydrogen-bond donors (Lipinski definition) is 0. The first-order valence-electron chi connectivity index (χ1n) is 7.86. The summed E-state index contributed by atoms with van der Waals surface area (Å²) in [6.07, 6.45) is 1.30. The Morgan fingerprint density at radius 3 is 2.48 bits per heavy atom. The Balaban J connectivity index is 1.89. The lowest BCUT2D eigenvalue weighted by Crippen LogP contribution is -2.36. The van der Waals surface area contributed by atoms with Gasteiger partial charge in [0.05, 0.1) is 0 Å². The van der Waals surface area contributed by atoms with Crippen LogP contribution >= 0.6 is 0 Å². The maximum atomic E-state index is 14.4. The summed E-state index contributed by atoms with van der Waals surface area (Å²) in [5.41, 5.74) is -5.36. The highest BCUT2D eigenvalue weighted by molar-refractivity contribution is 7.87. The van der Waals surface area contributed by atoms with Crippen LogP contribution in [-0.2, 0) is 10.1 Å². The quantitative estimate of drug-likeness (QED) is 0.340. The zero-order chi connectivity index (χ0) is 19.8. The molecule has 0 amide bonds. The second kappa shape index (κ2) is 6.88. The minimum atomic E-state index is -5.88. The van der Waals surface area contributed by atoms with Crippen LogP contribution in [0.25, 0.3) is 10.9 Å². The fourth-order valence-electron chi connectivity index (χ4n) is 2.81. The summed E-state index contributed by atoms with van der Waals surface area (Å²) >= 11 is 0. The van der Waals surface area contributed by atoms with Crippen LogP contribution in [-0.4, -0.2) is 38.7 Å². The van der Waals surface area contributed by atoms with Crippen molar-refractivity contribution in [2.24, 2.45) is 0 Å². The molecule has 0 unspecified atom stereocenters. The third kappa shape index (κ3) is 3.92. The Morgan fingerprint density at radius 1 is 1.22 bits per heavy atom. The van der Waals surface area contributed by atoms with Crippen molar-refractivity contribution in [3.05, 3.63) is 30.1 Å². The van der Waals surface area contributed by atoms with Gasteiger partial charge in [-0.3, -0.25) is 0 Å². The first-order chi connectivity index (χ1) is 12.6. The van der Waals surface area contributed by atoms with Crippen LogP contribution in [0.15, 0.2) is 24.3 Å². The second-order valence-corrected chi connectivity index (χ2v) is 7.56. The van der Waals surface area contributed by atoms with Crippen LogP contribution in [0.1, 0.15) is 0 Å². The molecule has 12 heteroatoms. The molecule has 0 atom stereocenters. The van der Waals surface area contributed by atoms with Crippen molar-refractivity contribution in [3.8, 4) is 11.8 Å². The van der Waals surface area contributed by atoms with Gasteiger partial charge in [-0.2, -0.15) is 21.6 Å². The lowest BCUT2D eigenvalue weighted by molar-refractivity contribution is -0.0501. The van der Waals surface area contributed by atoms with E-state index in [1.165, 1.54) is 12.1 Å². The van der Waals surface area contributed by atoms with Crippen molar-refractivity contribution in [1.29, 1.82) is 5.26 Å². The fourth-order valence-corrected chi connectivity index (χ4v) is 3.23. The van der Waals surface area contributed by atoms with E-state index in [1.807, 2.05) is 4.90 Å². The monoisotopic (exact) mass is 401 g/mol. The third-order valence-corrected chi connectivity index (χ3v) is 5.18. The molecule has 0 bridgehead atoms. The lowest BCUT2D eigenvalue weighted by Gasteiger charge is -2.30. The van der Waals surface area contributed by atoms with Gasteiger partial charge in [0, 0.05) is 36.2 Å². The van der Waals surface area contributed by atoms with Crippen LogP contribution in [0, 0.1) is 17.0 Å². The van der Waals surface area contributed by atoms with E-state index in [-0.39, 0.29) is 17.6 Å². The van der Waals surface area contributed by atoms with Crippen LogP contribution in [0.5, 0.6) is 5.88 Å². The van der Waals surface area contributed by atoms with Gasteiger partial charge in [0.15, 0.2) is 5.82 Å². The molecule has 0 spiro atoms. The number of nitrogens with zero attached hydrogens (tertiary/aromatic N) is 3. The number of halogens is 4. The first kappa shape index (κ1) is 19.2. The number of aromatic nitrogens is 1. The Labute approximate surface area is 152 Å². The van der Waals surface area contributed by atoms with E-state index in [0.29, 0.717) is 31.4 Å². The Morgan fingerprint density at radius 2 is 1.89 bits per heavy atom. The number of hydrogen-bond acceptors (Lipinski definition) is 6. The Bertz CT molecular complexity index is 1020. The summed E-state index contributed by atoms with van der Waals surface area (Å²) in [4.78, 5) is 5.44. The molecular weight excluding hydrogens is 389 g/mol. The number of benzene rings is 1. The molecule has 3 rings (SSSR count). The molecule has 1 aliphatic rings. The molecule has 0 saturated carbocycles. The minimum Gasteiger partial charge on any atom is -0.373 e. The van der Waals surface area contributed by atoms with Gasteiger partial charge in [0.2, 0.25) is 5.88 Å². The first-order valence-corrected chi connectivity index (χ1v) is 9.27. The van der Waals surface area contributed by atoms with E-state index in [9.17, 15) is 26.0 Å². The average Bonchev–Trinajstić information content (AvgIpc) is 2.61. The van der Waals surface area contributed by atoms with Crippen molar-refractivity contribution in [3.63, 3.8) is 0 Å². The van der Waals surface area contributed by atoms with Gasteiger partial charge < -0.3 is 9.08 Å². The highest BCUT2D eigenvalue weighted by atomic mass is 32.2. The molecule has 142 valence electrons. The van der Waals surface area contributed by atoms with Crippen LogP contribution < -0.4 is 9.08 Å². The summed E-state index contributed by atoms with van der Waals surface area (Å²) in [5.74, 6) is 0.505. The topological polar surface area (TPSA) is 83.3 Å². The fraction of sp³-hybridized carbons (Fsp3) is 0.333. The lowest BCUT2D eigenvalue weighted by atomic mass is 9.45. The van der Waals surface area contributed by atoms with Gasteiger partial charge in [0.25, 0.3) is 6.71 Å². The number of pyridine rings is 1. The molecule has 1 aliphatic heterocycles. The average molecular weight is 401 g/mol. The molecule has 6 nitrogen and oxygen atoms in total. The number of rotatable bonds is 3. The normalized spacial score (nSPS) is 15.7. The smallest absolute Gasteiger partial charge is 0.373 e. The molecule has 0 radical (unpaired) electrons. The summed E-state index contributed by atoms with van der Waals surface area (Å²) in [6, 6.07) is 4.93. The van der Waals surface area contributed by atoms with E-state index in [4.69, 9.17) is 5.26 Å². The molecule has 2 aromatic rings. The Hall–Kier alpha value is -2.55. The van der Waals surface area contributed by atoms with Crippen LogP contribution in [0.3, 0.4) is 0 Å². The van der Waals surface area contributed by atoms with Crippen molar-refractivity contribution in [2.45, 2.75) is 18.1 Å². The molecule has 1 aromatic heterocycles. The van der Waals surface area contributed by atoms with Gasteiger partial charge in [-0.15, -0.1) is 0 Å². The zero-order valence-corrected chi connectivity index (χ0v) is 14.5. The molecule has 27 heavy (non-hydrogen) atoms. The SMILES string of the molecule is N#CB1CCN(c2cc(F)c3nc(OS(=O)(=O)C(F)(F)F)ccc3c2)CC1. The summed E-state index contributed by atoms with van der Waals surface area (Å²) in [7, 11) is -5.88. The van der Waals surface area contributed by atoms with Gasteiger partial charge in [0.1, 0.15) is 5.52 Å². The number of alkyl halides is 3. The van der Waals surface area contributed by atoms with Crippen molar-refractivity contribution >= 4 is 33.4 Å². The maximum absolute atomic E-state index is 14.4. The van der Waals surface area contributed by atoms with Gasteiger partial charge in [-0.25, -0.2) is 14.6 Å². The molecule has 0 aliphatic carbocycles. The second-order valence-electron chi connectivity index (χ2n) is 6.02. The highest BCUT2D eigenvalue weighted by Gasteiger charge is 2.48. The molecule has 2 heterocycles. The molecule has 1 aromatic carbocycles. The van der Waals surface area contributed by atoms with Gasteiger partial charge in [-0.1, -0.05) is 0 Å². The van der Waals surface area contributed by atoms with Crippen molar-refractivity contribution in [1.82, 2.24) is 4.98 Å². The number of anilines is 1. The van der Waals surface area contributed by atoms with Crippen LogP contribution in [0.2, 0.25) is 12.6 Å². The zero-order valence-electron chi connectivity index (χ0n) is 13.7. The van der Waals surface area contributed by atoms with E-state index >= 15 is 0 Å². The highest BCUT2D eigenvalue weighted by Crippen LogP contribution is 2.30. The molecular formula is C15H12BF4N3O3S. The van der Waals surface area contributed by atoms with E-state index in [1.54, 1.807) is 6.07 Å². The summed E-state index contributed by atoms with van der Waals surface area (Å²) in [6.45, 7) is 1.10. The van der Waals surface area contributed by atoms with E-state index < -0.39 is 27.3 Å². The van der Waals surface area contributed by atoms with Crippen molar-refractivity contribution < 1.29 is 30.2 Å². The van der Waals surface area contributed by atoms with Crippen molar-refractivity contribution in [2.75, 3.05) is 18.0 Å². The summed E-state index contributed by atoms with van der Waals surface area (Å²) in [5, 5.41) is 9.21. The predicted molar refractivity (Wildman–Crippen MR) is 90.5 cm³/mol. The third-order valence-electron chi connectivity index (χ3n) is 4.23. The number of nitriles is 1. The van der Waals surface area contributed by atoms with Crippen LogP contribution in [0.4, 0.5) is 23.2 Å². The van der Waals surface area contributed by atoms with E-state index in [0.717, 1.165) is 6.07 Å². The predicted octanol–water partition coefficient (Wildman–Crippen LogP) is 2.98. The maximum Gasteiger partial charge on any atom is 0.534 e. The summed E-state index contributed by atoms with van der Waals surface area (Å²) < 4.78 is 77.6. The molecule has 1 fully saturated rings. The van der Waals surface area contributed by atoms with Gasteiger partial charge >= 0.3 is 15.6 Å². The van der Waals surface area contributed by atoms with Gasteiger partial charge in [-0.05, 0) is 30.8 Å². The standard InChI is InChI=1S/C15H12BF4N3O3S/c17-12-8-11(23-5-3-16(9-21)4-6-23)7-10-1-2-13(22-14(10)12)26-27(24,25)15(18,19)20/h1-2,7-8H,3-6H2. The largest absolute Gasteiger partial charge is 0.534 e. The molecule has 0 N–H and O–H groups in total.